The zero-order valence-corrected chi connectivity index (χ0v) is 54.4. The molecule has 0 spiro atoms. The molecule has 3 aliphatic heterocycles. The highest BCUT2D eigenvalue weighted by molar-refractivity contribution is 7.26. The summed E-state index contributed by atoms with van der Waals surface area (Å²) in [5.41, 5.74) is 28.5. The quantitative estimate of drug-likeness (QED) is 0.163. The van der Waals surface area contributed by atoms with Crippen LogP contribution in [0.3, 0.4) is 0 Å². The summed E-state index contributed by atoms with van der Waals surface area (Å²) in [4.78, 5) is 8.57. The average Bonchev–Trinajstić information content (AvgIpc) is 1.67. The SMILES string of the molecule is Cc1cc2c(cc1N1c3cc4c(cc3B3c5cc6c(cc5N(c5cccc7c5sc5ccccc57)c5cc(N7c8ccc(C(C)(C)C)cc8C8(C)CCCCC78C)cc1c53)C(C)(C)CCC6(C)C)C(C)(C)CCC4(C)C)C(C)(C)CC2(C)C. The summed E-state index contributed by atoms with van der Waals surface area (Å²) in [6, 6.07) is 45.8. The average molecular weight is 1110 g/mol. The number of anilines is 8. The molecule has 3 nitrogen and oxygen atoms in total. The van der Waals surface area contributed by atoms with E-state index in [0.717, 1.165) is 19.3 Å². The molecule has 0 N–H and O–H groups in total. The van der Waals surface area contributed by atoms with Crippen molar-refractivity contribution in [2.75, 3.05) is 14.7 Å². The third-order valence-electron chi connectivity index (χ3n) is 23.8. The number of hydrogen-bond acceptors (Lipinski definition) is 4. The van der Waals surface area contributed by atoms with Gasteiger partial charge in [0.2, 0.25) is 0 Å². The minimum absolute atomic E-state index is 0.00807. The molecule has 4 aliphatic carbocycles. The third-order valence-corrected chi connectivity index (χ3v) is 25.0. The van der Waals surface area contributed by atoms with Crippen molar-refractivity contribution in [2.45, 2.75) is 231 Å². The van der Waals surface area contributed by atoms with E-state index in [1.54, 1.807) is 0 Å². The van der Waals surface area contributed by atoms with E-state index >= 15 is 0 Å². The van der Waals surface area contributed by atoms with Gasteiger partial charge in [-0.2, -0.15) is 0 Å². The van der Waals surface area contributed by atoms with E-state index < -0.39 is 0 Å². The molecule has 426 valence electrons. The van der Waals surface area contributed by atoms with Crippen molar-refractivity contribution < 1.29 is 0 Å². The van der Waals surface area contributed by atoms with Crippen LogP contribution in [0.15, 0.2) is 109 Å². The summed E-state index contributed by atoms with van der Waals surface area (Å²) in [7, 11) is 0. The van der Waals surface area contributed by atoms with Crippen molar-refractivity contribution in [1.82, 2.24) is 0 Å². The zero-order valence-electron chi connectivity index (χ0n) is 53.6. The Morgan fingerprint density at radius 1 is 0.434 bits per heavy atom. The summed E-state index contributed by atoms with van der Waals surface area (Å²) >= 11 is 1.97. The molecule has 0 bridgehead atoms. The van der Waals surface area contributed by atoms with Gasteiger partial charge in [0.15, 0.2) is 0 Å². The van der Waals surface area contributed by atoms with E-state index in [4.69, 9.17) is 0 Å². The van der Waals surface area contributed by atoms with Crippen molar-refractivity contribution in [2.24, 2.45) is 0 Å². The lowest BCUT2D eigenvalue weighted by Crippen LogP contribution is -2.62. The molecule has 4 heterocycles. The van der Waals surface area contributed by atoms with Crippen LogP contribution in [0, 0.1) is 6.92 Å². The van der Waals surface area contributed by atoms with Gasteiger partial charge in [-0.1, -0.05) is 184 Å². The smallest absolute Gasteiger partial charge is 0.252 e. The van der Waals surface area contributed by atoms with Crippen LogP contribution in [0.1, 0.15) is 226 Å². The minimum Gasteiger partial charge on any atom is -0.334 e. The molecule has 1 aromatic heterocycles. The van der Waals surface area contributed by atoms with Gasteiger partial charge >= 0.3 is 0 Å². The van der Waals surface area contributed by atoms with Crippen molar-refractivity contribution in [1.29, 1.82) is 0 Å². The second kappa shape index (κ2) is 16.8. The van der Waals surface area contributed by atoms with Crippen molar-refractivity contribution in [3.8, 4) is 0 Å². The first kappa shape index (κ1) is 53.9. The standard InChI is InChI=1S/C78H90BN3S/c1-46-36-51-56(76(15,16)45-75(51,13)14)42-62(46)81-64-44-55-53(72(7,8)33-35-74(55,11)12)41-59(64)79-58-40-52-54(73(9,10)34-32-71(52,5)6)43-63(58)80(61-26-23-25-50-49-24-19-20-27-67(49)83-69(50)61)65-38-48(39-66(81)68(65)79)82-60-29-28-47(70(2,3)4)37-57(60)77(17)30-21-22-31-78(77,82)18/h19-20,23-29,36-44H,21-22,30-35,45H2,1-18H3. The number of hydrogen-bond donors (Lipinski definition) is 0. The first-order valence-electron chi connectivity index (χ1n) is 32.0. The summed E-state index contributed by atoms with van der Waals surface area (Å²) in [5, 5.41) is 2.68. The lowest BCUT2D eigenvalue weighted by molar-refractivity contribution is 0.195. The lowest BCUT2D eigenvalue weighted by atomic mass is 9.32. The van der Waals surface area contributed by atoms with E-state index in [2.05, 4.69) is 249 Å². The first-order valence-corrected chi connectivity index (χ1v) is 32.9. The van der Waals surface area contributed by atoms with Crippen LogP contribution < -0.4 is 31.1 Å². The number of aryl methyl sites for hydroxylation is 1. The monoisotopic (exact) mass is 1110 g/mol. The maximum atomic E-state index is 2.90. The predicted octanol–water partition coefficient (Wildman–Crippen LogP) is 20.1. The van der Waals surface area contributed by atoms with Gasteiger partial charge in [-0.15, -0.1) is 11.3 Å². The fourth-order valence-electron chi connectivity index (χ4n) is 18.6. The van der Waals surface area contributed by atoms with Crippen molar-refractivity contribution in [3.05, 3.63) is 159 Å². The molecule has 83 heavy (non-hydrogen) atoms. The van der Waals surface area contributed by atoms with Gasteiger partial charge in [-0.3, -0.25) is 0 Å². The summed E-state index contributed by atoms with van der Waals surface area (Å²) < 4.78 is 2.70. The largest absolute Gasteiger partial charge is 0.334 e. The number of fused-ring (bicyclic) bond motifs is 13. The molecule has 5 heteroatoms. The number of rotatable bonds is 3. The predicted molar refractivity (Wildman–Crippen MR) is 361 cm³/mol. The number of benzene rings is 7. The second-order valence-corrected chi connectivity index (χ2v) is 34.0. The summed E-state index contributed by atoms with van der Waals surface area (Å²) in [5.74, 6) is 0. The molecule has 2 atom stereocenters. The lowest BCUT2D eigenvalue weighted by Gasteiger charge is -2.52. The van der Waals surface area contributed by atoms with Crippen LogP contribution in [-0.4, -0.2) is 12.3 Å². The molecule has 0 radical (unpaired) electrons. The fourth-order valence-corrected chi connectivity index (χ4v) is 19.8. The number of nitrogens with zero attached hydrogens (tertiary/aromatic N) is 3. The number of thiophene rings is 1. The first-order chi connectivity index (χ1) is 38.9. The van der Waals surface area contributed by atoms with Crippen molar-refractivity contribution >= 4 is 100 Å². The van der Waals surface area contributed by atoms with Crippen LogP contribution in [-0.2, 0) is 43.3 Å². The Kier molecular flexibility index (Phi) is 10.9. The molecular formula is C78H90BN3S. The maximum Gasteiger partial charge on any atom is 0.252 e. The Bertz CT molecular complexity index is 4150. The molecule has 1 saturated carbocycles. The Hall–Kier alpha value is -5.78. The molecule has 7 aromatic carbocycles. The van der Waals surface area contributed by atoms with Gasteiger partial charge in [0, 0.05) is 60.7 Å². The third kappa shape index (κ3) is 7.28. The van der Waals surface area contributed by atoms with E-state index in [-0.39, 0.29) is 55.6 Å². The highest BCUT2D eigenvalue weighted by atomic mass is 32.1. The summed E-state index contributed by atoms with van der Waals surface area (Å²) in [6.45, 7) is 45.1. The van der Waals surface area contributed by atoms with Gasteiger partial charge < -0.3 is 14.7 Å². The fraction of sp³-hybridized carbons (Fsp3) is 0.462. The van der Waals surface area contributed by atoms with Gasteiger partial charge in [0.05, 0.1) is 15.9 Å². The van der Waals surface area contributed by atoms with Crippen LogP contribution >= 0.6 is 11.3 Å². The normalized spacial score (nSPS) is 24.2. The molecule has 0 saturated heterocycles. The van der Waals surface area contributed by atoms with E-state index in [9.17, 15) is 0 Å². The Morgan fingerprint density at radius 3 is 1.53 bits per heavy atom. The van der Waals surface area contributed by atoms with Crippen LogP contribution in [0.25, 0.3) is 20.2 Å². The van der Waals surface area contributed by atoms with E-state index in [0.29, 0.717) is 0 Å². The molecule has 8 aromatic rings. The topological polar surface area (TPSA) is 9.72 Å². The van der Waals surface area contributed by atoms with Crippen LogP contribution in [0.5, 0.6) is 0 Å². The van der Waals surface area contributed by atoms with E-state index in [1.165, 1.54) is 171 Å². The van der Waals surface area contributed by atoms with Gasteiger partial charge in [-0.25, -0.2) is 0 Å². The van der Waals surface area contributed by atoms with Gasteiger partial charge in [0.25, 0.3) is 6.71 Å². The minimum atomic E-state index is -0.160. The Labute approximate surface area is 502 Å². The second-order valence-electron chi connectivity index (χ2n) is 33.0. The highest BCUT2D eigenvalue weighted by Gasteiger charge is 2.59. The van der Waals surface area contributed by atoms with Crippen LogP contribution in [0.4, 0.5) is 45.5 Å². The molecular weight excluding hydrogens is 1020 g/mol. The maximum absolute atomic E-state index is 2.90. The molecule has 1 fully saturated rings. The highest BCUT2D eigenvalue weighted by Crippen LogP contribution is 2.64. The zero-order chi connectivity index (χ0) is 58.5. The van der Waals surface area contributed by atoms with Gasteiger partial charge in [-0.05, 0) is 212 Å². The molecule has 0 amide bonds. The Morgan fingerprint density at radius 2 is 0.940 bits per heavy atom. The Balaban J connectivity index is 1.13. The van der Waals surface area contributed by atoms with E-state index in [1.807, 2.05) is 11.3 Å². The molecule has 15 rings (SSSR count). The van der Waals surface area contributed by atoms with Gasteiger partial charge in [0.1, 0.15) is 0 Å². The molecule has 7 aliphatic rings. The molecule has 2 unspecified atom stereocenters. The van der Waals surface area contributed by atoms with Crippen LogP contribution in [0.2, 0.25) is 0 Å². The summed E-state index contributed by atoms with van der Waals surface area (Å²) in [6.07, 6.45) is 10.6. The van der Waals surface area contributed by atoms with Crippen molar-refractivity contribution in [3.63, 3.8) is 0 Å².